The maximum absolute atomic E-state index is 5.83. The number of benzene rings is 2. The van der Waals surface area contributed by atoms with Gasteiger partial charge in [-0.2, -0.15) is 0 Å². The minimum atomic E-state index is 0.0202. The van der Waals surface area contributed by atoms with Gasteiger partial charge in [-0.25, -0.2) is 4.98 Å². The third-order valence-corrected chi connectivity index (χ3v) is 6.07. The molecule has 3 rings (SSSR count). The van der Waals surface area contributed by atoms with E-state index >= 15 is 0 Å². The van der Waals surface area contributed by atoms with Gasteiger partial charge in [0.15, 0.2) is 0 Å². The molecule has 2 aromatic carbocycles. The lowest BCUT2D eigenvalue weighted by Gasteiger charge is -2.16. The molecule has 1 heterocycles. The number of methoxy groups -OCH3 is 1. The van der Waals surface area contributed by atoms with E-state index in [1.54, 1.807) is 7.11 Å². The van der Waals surface area contributed by atoms with Gasteiger partial charge in [-0.15, -0.1) is 0 Å². The van der Waals surface area contributed by atoms with Crippen LogP contribution in [0.4, 0.5) is 0 Å². The van der Waals surface area contributed by atoms with Gasteiger partial charge in [0.05, 0.1) is 42.3 Å². The first-order chi connectivity index (χ1) is 15.9. The summed E-state index contributed by atoms with van der Waals surface area (Å²) in [5.41, 5.74) is 4.21. The highest BCUT2D eigenvalue weighted by Crippen LogP contribution is 2.30. The van der Waals surface area contributed by atoms with E-state index in [0.717, 1.165) is 34.1 Å². The largest absolute Gasteiger partial charge is 0.502 e. The highest BCUT2D eigenvalue weighted by atomic mass is 16.5. The Morgan fingerprint density at radius 1 is 1.06 bits per heavy atom. The molecule has 0 amide bonds. The molecule has 0 bridgehead atoms. The number of hydrogen-bond acceptors (Lipinski definition) is 4. The van der Waals surface area contributed by atoms with Gasteiger partial charge < -0.3 is 9.47 Å². The predicted octanol–water partition coefficient (Wildman–Crippen LogP) is 5.70. The van der Waals surface area contributed by atoms with Crippen LogP contribution >= 0.6 is 0 Å². The standard InChI is InChI=1S/C29H36N2O2/c1-8-23-24(9-2)28-29(30-18-20(4)31-28)27-25(14-12-15-26(23)27)19(3)13-10-11-16-33-22(6)17-21(5)32-7/h8-12,14-15,17-19,22H,13,16H2,1-7H3/b11-10+,21-17-,23-8+,24-9+. The molecule has 1 aromatic heterocycles. The average molecular weight is 445 g/mol. The predicted molar refractivity (Wildman–Crippen MR) is 140 cm³/mol. The van der Waals surface area contributed by atoms with Crippen molar-refractivity contribution in [1.82, 2.24) is 9.97 Å². The molecule has 174 valence electrons. The fourth-order valence-corrected chi connectivity index (χ4v) is 4.34. The Kier molecular flexibility index (Phi) is 8.40. The third kappa shape index (κ3) is 5.51. The molecule has 0 aliphatic heterocycles. The zero-order chi connectivity index (χ0) is 24.0. The van der Waals surface area contributed by atoms with Crippen LogP contribution in [0.2, 0.25) is 0 Å². The Morgan fingerprint density at radius 2 is 1.82 bits per heavy atom. The fraction of sp³-hybridized carbons (Fsp3) is 0.379. The molecule has 0 aliphatic rings. The highest BCUT2D eigenvalue weighted by Gasteiger charge is 2.15. The summed E-state index contributed by atoms with van der Waals surface area (Å²) in [6.45, 7) is 13.0. The Labute approximate surface area is 197 Å². The molecule has 0 aliphatic carbocycles. The molecular weight excluding hydrogens is 408 g/mol. The molecule has 0 radical (unpaired) electrons. The van der Waals surface area contributed by atoms with E-state index in [1.807, 2.05) is 33.0 Å². The summed E-state index contributed by atoms with van der Waals surface area (Å²) in [5.74, 6) is 1.21. The molecule has 4 heteroatoms. The van der Waals surface area contributed by atoms with Crippen molar-refractivity contribution < 1.29 is 9.47 Å². The Bertz CT molecular complexity index is 1300. The van der Waals surface area contributed by atoms with Crippen LogP contribution in [0.15, 0.2) is 48.4 Å². The van der Waals surface area contributed by atoms with Crippen molar-refractivity contribution in [3.8, 4) is 0 Å². The molecule has 0 saturated carbocycles. The minimum absolute atomic E-state index is 0.0202. The van der Waals surface area contributed by atoms with Crippen molar-refractivity contribution >= 4 is 34.0 Å². The van der Waals surface area contributed by atoms with Crippen LogP contribution in [0.1, 0.15) is 58.2 Å². The van der Waals surface area contributed by atoms with Gasteiger partial charge >= 0.3 is 0 Å². The van der Waals surface area contributed by atoms with Gasteiger partial charge in [0.25, 0.3) is 0 Å². The first-order valence-electron chi connectivity index (χ1n) is 11.7. The minimum Gasteiger partial charge on any atom is -0.502 e. The number of aromatic nitrogens is 2. The molecule has 4 nitrogen and oxygen atoms in total. The molecule has 2 unspecified atom stereocenters. The third-order valence-electron chi connectivity index (χ3n) is 6.07. The average Bonchev–Trinajstić information content (AvgIpc) is 2.81. The smallest absolute Gasteiger partial charge is 0.0974 e. The Balaban J connectivity index is 1.94. The monoisotopic (exact) mass is 444 g/mol. The van der Waals surface area contributed by atoms with Gasteiger partial charge in [-0.1, -0.05) is 49.4 Å². The van der Waals surface area contributed by atoms with Crippen molar-refractivity contribution in [2.45, 2.75) is 60.0 Å². The van der Waals surface area contributed by atoms with Crippen molar-refractivity contribution in [2.24, 2.45) is 0 Å². The van der Waals surface area contributed by atoms with Crippen LogP contribution in [0.3, 0.4) is 0 Å². The first-order valence-corrected chi connectivity index (χ1v) is 11.7. The van der Waals surface area contributed by atoms with Gasteiger partial charge in [0, 0.05) is 16.8 Å². The molecular formula is C29H36N2O2. The zero-order valence-corrected chi connectivity index (χ0v) is 21.0. The summed E-state index contributed by atoms with van der Waals surface area (Å²) in [6.07, 6.45) is 13.4. The topological polar surface area (TPSA) is 44.2 Å². The maximum atomic E-state index is 5.83. The zero-order valence-electron chi connectivity index (χ0n) is 21.0. The van der Waals surface area contributed by atoms with E-state index in [2.05, 4.69) is 63.3 Å². The van der Waals surface area contributed by atoms with Crippen LogP contribution in [0, 0.1) is 6.92 Å². The lowest BCUT2D eigenvalue weighted by Crippen LogP contribution is -2.27. The summed E-state index contributed by atoms with van der Waals surface area (Å²) in [5, 5.41) is 4.84. The second-order valence-corrected chi connectivity index (χ2v) is 8.51. The van der Waals surface area contributed by atoms with E-state index in [1.165, 1.54) is 21.6 Å². The van der Waals surface area contributed by atoms with Gasteiger partial charge in [-0.05, 0) is 69.2 Å². The number of fused-ring (bicyclic) bond motifs is 3. The second kappa shape index (κ2) is 11.2. The lowest BCUT2D eigenvalue weighted by atomic mass is 9.90. The van der Waals surface area contributed by atoms with E-state index in [9.17, 15) is 0 Å². The molecule has 0 spiro atoms. The van der Waals surface area contributed by atoms with E-state index < -0.39 is 0 Å². The van der Waals surface area contributed by atoms with Crippen LogP contribution in [-0.2, 0) is 9.47 Å². The van der Waals surface area contributed by atoms with E-state index in [-0.39, 0.29) is 6.10 Å². The number of aryl methyl sites for hydroxylation is 1. The second-order valence-electron chi connectivity index (χ2n) is 8.51. The van der Waals surface area contributed by atoms with Crippen LogP contribution < -0.4 is 10.4 Å². The van der Waals surface area contributed by atoms with Crippen LogP contribution in [-0.4, -0.2) is 29.8 Å². The fourth-order valence-electron chi connectivity index (χ4n) is 4.34. The lowest BCUT2D eigenvalue weighted by molar-refractivity contribution is 0.118. The summed E-state index contributed by atoms with van der Waals surface area (Å²) in [4.78, 5) is 9.72. The normalized spacial score (nSPS) is 15.7. The van der Waals surface area contributed by atoms with Crippen molar-refractivity contribution in [3.63, 3.8) is 0 Å². The van der Waals surface area contributed by atoms with Crippen molar-refractivity contribution in [1.29, 1.82) is 0 Å². The summed E-state index contributed by atoms with van der Waals surface area (Å²) in [7, 11) is 1.67. The van der Waals surface area contributed by atoms with Crippen LogP contribution in [0.5, 0.6) is 0 Å². The summed E-state index contributed by atoms with van der Waals surface area (Å²) in [6, 6.07) is 6.59. The quantitative estimate of drug-likeness (QED) is 0.254. The molecule has 2 atom stereocenters. The highest BCUT2D eigenvalue weighted by molar-refractivity contribution is 6.06. The van der Waals surface area contributed by atoms with Crippen molar-refractivity contribution in [3.05, 3.63) is 70.1 Å². The van der Waals surface area contributed by atoms with E-state index in [4.69, 9.17) is 19.4 Å². The number of rotatable bonds is 8. The number of ether oxygens (including phenoxy) is 2. The van der Waals surface area contributed by atoms with E-state index in [0.29, 0.717) is 12.5 Å². The van der Waals surface area contributed by atoms with Gasteiger partial charge in [-0.3, -0.25) is 4.98 Å². The number of hydrogen-bond donors (Lipinski definition) is 0. The molecule has 0 N–H and O–H groups in total. The molecule has 0 fully saturated rings. The Hall–Kier alpha value is -2.98. The molecule has 3 aromatic rings. The van der Waals surface area contributed by atoms with Gasteiger partial charge in [0.2, 0.25) is 0 Å². The maximum Gasteiger partial charge on any atom is 0.0974 e. The number of nitrogens with zero attached hydrogens (tertiary/aromatic N) is 2. The number of allylic oxidation sites excluding steroid dienone is 2. The summed E-state index contributed by atoms with van der Waals surface area (Å²) < 4.78 is 11.0. The van der Waals surface area contributed by atoms with Gasteiger partial charge in [0.1, 0.15) is 0 Å². The van der Waals surface area contributed by atoms with Crippen molar-refractivity contribution in [2.75, 3.05) is 13.7 Å². The summed E-state index contributed by atoms with van der Waals surface area (Å²) >= 11 is 0. The first kappa shape index (κ1) is 24.7. The SMILES string of the molecule is C/C=c1\c(=C/C)c2nc(C)cnc2c2c(C(C)C/C=C/COC(C)/C=C(/C)OC)cccc12. The Morgan fingerprint density at radius 3 is 2.52 bits per heavy atom. The molecule has 0 saturated heterocycles. The van der Waals surface area contributed by atoms with Crippen LogP contribution in [0.25, 0.3) is 34.0 Å². The molecule has 33 heavy (non-hydrogen) atoms.